The molecule has 1 aliphatic heterocycles. The molecule has 0 aromatic carbocycles. The van der Waals surface area contributed by atoms with Crippen molar-refractivity contribution in [3.05, 3.63) is 0 Å². The van der Waals surface area contributed by atoms with Gasteiger partial charge in [0, 0.05) is 6.54 Å². The topological polar surface area (TPSA) is 49.4 Å². The van der Waals surface area contributed by atoms with Crippen molar-refractivity contribution in [3.63, 3.8) is 0 Å². The minimum absolute atomic E-state index is 0.0392. The standard InChI is InChI=1S/C17H28N2O2/c20-15-13-19(12-6-9-14-7-2-3-8-14)16(21)17(18-15)10-4-1-5-11-17/h14H,1-13H2,(H,18,20). The summed E-state index contributed by atoms with van der Waals surface area (Å²) in [6.07, 6.45) is 12.7. The summed E-state index contributed by atoms with van der Waals surface area (Å²) < 4.78 is 0. The number of amides is 2. The Morgan fingerprint density at radius 2 is 1.76 bits per heavy atom. The van der Waals surface area contributed by atoms with Crippen LogP contribution in [0.3, 0.4) is 0 Å². The molecule has 1 N–H and O–H groups in total. The minimum Gasteiger partial charge on any atom is -0.340 e. The fourth-order valence-corrected chi connectivity index (χ4v) is 4.45. The van der Waals surface area contributed by atoms with Crippen molar-refractivity contribution >= 4 is 11.8 Å². The minimum atomic E-state index is -0.555. The number of piperazine rings is 1. The predicted molar refractivity (Wildman–Crippen MR) is 81.7 cm³/mol. The molecule has 0 unspecified atom stereocenters. The smallest absolute Gasteiger partial charge is 0.248 e. The molecule has 4 heteroatoms. The van der Waals surface area contributed by atoms with Gasteiger partial charge in [0.25, 0.3) is 0 Å². The van der Waals surface area contributed by atoms with E-state index in [9.17, 15) is 9.59 Å². The predicted octanol–water partition coefficient (Wildman–Crippen LogP) is 2.62. The molecule has 2 amide bonds. The summed E-state index contributed by atoms with van der Waals surface area (Å²) in [5.74, 6) is 1.09. The van der Waals surface area contributed by atoms with Crippen molar-refractivity contribution in [3.8, 4) is 0 Å². The van der Waals surface area contributed by atoms with Crippen LogP contribution in [0.1, 0.15) is 70.6 Å². The van der Waals surface area contributed by atoms with Crippen molar-refractivity contribution in [2.45, 2.75) is 76.2 Å². The number of nitrogens with one attached hydrogen (secondary N) is 1. The van der Waals surface area contributed by atoms with E-state index < -0.39 is 5.54 Å². The van der Waals surface area contributed by atoms with Gasteiger partial charge in [0.05, 0.1) is 6.54 Å². The summed E-state index contributed by atoms with van der Waals surface area (Å²) in [5, 5.41) is 3.01. The molecule has 1 spiro atoms. The van der Waals surface area contributed by atoms with Gasteiger partial charge >= 0.3 is 0 Å². The fraction of sp³-hybridized carbons (Fsp3) is 0.882. The normalized spacial score (nSPS) is 26.4. The molecule has 0 atom stereocenters. The summed E-state index contributed by atoms with van der Waals surface area (Å²) in [7, 11) is 0. The Labute approximate surface area is 127 Å². The zero-order valence-electron chi connectivity index (χ0n) is 13.0. The monoisotopic (exact) mass is 292 g/mol. The third-order valence-corrected chi connectivity index (χ3v) is 5.63. The highest BCUT2D eigenvalue weighted by Crippen LogP contribution is 2.32. The summed E-state index contributed by atoms with van der Waals surface area (Å²) in [6, 6.07) is 0. The van der Waals surface area contributed by atoms with Crippen LogP contribution in [0.15, 0.2) is 0 Å². The van der Waals surface area contributed by atoms with E-state index in [4.69, 9.17) is 0 Å². The van der Waals surface area contributed by atoms with Crippen LogP contribution in [0.2, 0.25) is 0 Å². The van der Waals surface area contributed by atoms with Crippen LogP contribution in [-0.2, 0) is 9.59 Å². The SMILES string of the molecule is O=C1CN(CCCC2CCCC2)C(=O)C2(CCCCC2)N1. The summed E-state index contributed by atoms with van der Waals surface area (Å²) in [4.78, 5) is 26.6. The van der Waals surface area contributed by atoms with E-state index >= 15 is 0 Å². The van der Waals surface area contributed by atoms with E-state index in [0.717, 1.165) is 44.6 Å². The van der Waals surface area contributed by atoms with Crippen LogP contribution < -0.4 is 5.32 Å². The van der Waals surface area contributed by atoms with Crippen molar-refractivity contribution in [2.24, 2.45) is 5.92 Å². The van der Waals surface area contributed by atoms with Crippen molar-refractivity contribution < 1.29 is 9.59 Å². The number of carbonyl (C=O) groups excluding carboxylic acids is 2. The number of hydrogen-bond donors (Lipinski definition) is 1. The molecule has 4 nitrogen and oxygen atoms in total. The van der Waals surface area contributed by atoms with Crippen LogP contribution in [0.5, 0.6) is 0 Å². The molecular formula is C17H28N2O2. The zero-order chi connectivity index (χ0) is 14.7. The molecule has 118 valence electrons. The second-order valence-corrected chi connectivity index (χ2v) is 7.21. The first-order chi connectivity index (χ1) is 10.2. The Balaban J connectivity index is 1.56. The Bertz CT molecular complexity index is 396. The highest BCUT2D eigenvalue weighted by atomic mass is 16.2. The molecule has 3 rings (SSSR count). The van der Waals surface area contributed by atoms with Gasteiger partial charge in [-0.3, -0.25) is 9.59 Å². The van der Waals surface area contributed by atoms with Crippen molar-refractivity contribution in [2.75, 3.05) is 13.1 Å². The third kappa shape index (κ3) is 3.24. The molecule has 3 aliphatic rings. The van der Waals surface area contributed by atoms with Gasteiger partial charge in [-0.2, -0.15) is 0 Å². The van der Waals surface area contributed by atoms with Gasteiger partial charge in [-0.1, -0.05) is 44.9 Å². The molecule has 2 saturated carbocycles. The number of carbonyl (C=O) groups is 2. The lowest BCUT2D eigenvalue weighted by Gasteiger charge is -2.44. The van der Waals surface area contributed by atoms with Crippen molar-refractivity contribution in [1.82, 2.24) is 10.2 Å². The Hall–Kier alpha value is -1.06. The highest BCUT2D eigenvalue weighted by Gasteiger charge is 2.46. The van der Waals surface area contributed by atoms with Gasteiger partial charge in [0.1, 0.15) is 5.54 Å². The van der Waals surface area contributed by atoms with Gasteiger partial charge in [0.15, 0.2) is 0 Å². The average Bonchev–Trinajstić information content (AvgIpc) is 2.98. The van der Waals surface area contributed by atoms with E-state index in [1.165, 1.54) is 38.5 Å². The number of rotatable bonds is 4. The first-order valence-corrected chi connectivity index (χ1v) is 8.80. The summed E-state index contributed by atoms with van der Waals surface area (Å²) >= 11 is 0. The van der Waals surface area contributed by atoms with Crippen LogP contribution >= 0.6 is 0 Å². The van der Waals surface area contributed by atoms with E-state index in [1.807, 2.05) is 4.90 Å². The first kappa shape index (κ1) is 14.9. The summed E-state index contributed by atoms with van der Waals surface area (Å²) in [6.45, 7) is 1.04. The van der Waals surface area contributed by atoms with Crippen LogP contribution in [0, 0.1) is 5.92 Å². The van der Waals surface area contributed by atoms with E-state index in [0.29, 0.717) is 0 Å². The maximum absolute atomic E-state index is 12.8. The quantitative estimate of drug-likeness (QED) is 0.866. The molecule has 2 aliphatic carbocycles. The average molecular weight is 292 g/mol. The van der Waals surface area contributed by atoms with Gasteiger partial charge in [-0.15, -0.1) is 0 Å². The third-order valence-electron chi connectivity index (χ3n) is 5.63. The molecular weight excluding hydrogens is 264 g/mol. The van der Waals surface area contributed by atoms with Crippen LogP contribution in [0.25, 0.3) is 0 Å². The molecule has 1 heterocycles. The first-order valence-electron chi connectivity index (χ1n) is 8.80. The molecule has 0 radical (unpaired) electrons. The van der Waals surface area contributed by atoms with E-state index in [1.54, 1.807) is 0 Å². The Morgan fingerprint density at radius 1 is 1.05 bits per heavy atom. The second-order valence-electron chi connectivity index (χ2n) is 7.21. The molecule has 3 fully saturated rings. The van der Waals surface area contributed by atoms with Gasteiger partial charge < -0.3 is 10.2 Å². The molecule has 0 bridgehead atoms. The Morgan fingerprint density at radius 3 is 2.48 bits per heavy atom. The maximum Gasteiger partial charge on any atom is 0.248 e. The summed E-state index contributed by atoms with van der Waals surface area (Å²) in [5.41, 5.74) is -0.555. The van der Waals surface area contributed by atoms with Crippen LogP contribution in [0.4, 0.5) is 0 Å². The molecule has 0 aromatic heterocycles. The van der Waals surface area contributed by atoms with Gasteiger partial charge in [-0.05, 0) is 31.6 Å². The lowest BCUT2D eigenvalue weighted by Crippen LogP contribution is -2.67. The van der Waals surface area contributed by atoms with Gasteiger partial charge in [-0.25, -0.2) is 0 Å². The second kappa shape index (κ2) is 6.37. The molecule has 0 aromatic rings. The lowest BCUT2D eigenvalue weighted by atomic mass is 9.79. The van der Waals surface area contributed by atoms with Crippen molar-refractivity contribution in [1.29, 1.82) is 0 Å². The number of hydrogen-bond acceptors (Lipinski definition) is 2. The number of nitrogens with zero attached hydrogens (tertiary/aromatic N) is 1. The maximum atomic E-state index is 12.8. The Kier molecular flexibility index (Phi) is 4.51. The lowest BCUT2D eigenvalue weighted by molar-refractivity contribution is -0.151. The highest BCUT2D eigenvalue weighted by molar-refractivity contribution is 5.98. The molecule has 21 heavy (non-hydrogen) atoms. The largest absolute Gasteiger partial charge is 0.340 e. The van der Waals surface area contributed by atoms with E-state index in [2.05, 4.69) is 5.32 Å². The fourth-order valence-electron chi connectivity index (χ4n) is 4.45. The van der Waals surface area contributed by atoms with Gasteiger partial charge in [0.2, 0.25) is 11.8 Å². The van der Waals surface area contributed by atoms with E-state index in [-0.39, 0.29) is 18.4 Å². The molecule has 1 saturated heterocycles. The van der Waals surface area contributed by atoms with Crippen LogP contribution in [-0.4, -0.2) is 35.3 Å². The zero-order valence-corrected chi connectivity index (χ0v) is 13.0.